The maximum Gasteiger partial charge on any atom is 0.0594 e. The van der Waals surface area contributed by atoms with Crippen molar-refractivity contribution in [2.24, 2.45) is 50.7 Å². The van der Waals surface area contributed by atoms with Gasteiger partial charge >= 0.3 is 0 Å². The molecule has 31 heavy (non-hydrogen) atoms. The lowest BCUT2D eigenvalue weighted by Crippen LogP contribution is -2.59. The third kappa shape index (κ3) is 2.60. The monoisotopic (exact) mass is 426 g/mol. The molecular weight excluding hydrogens is 376 g/mol. The molecule has 0 aliphatic heterocycles. The van der Waals surface area contributed by atoms with E-state index in [1.54, 1.807) is 0 Å². The molecule has 0 spiro atoms. The van der Waals surface area contributed by atoms with E-state index in [-0.39, 0.29) is 11.5 Å². The number of hydrogen-bond donors (Lipinski definition) is 1. The van der Waals surface area contributed by atoms with Gasteiger partial charge in [0.2, 0.25) is 0 Å². The second-order valence-corrected chi connectivity index (χ2v) is 14.6. The zero-order chi connectivity index (χ0) is 22.6. The highest BCUT2D eigenvalue weighted by Crippen LogP contribution is 2.75. The molecule has 176 valence electrons. The summed E-state index contributed by atoms with van der Waals surface area (Å²) in [7, 11) is 0. The first kappa shape index (κ1) is 22.5. The third-order valence-corrected chi connectivity index (χ3v) is 13.2. The average molecular weight is 427 g/mol. The van der Waals surface area contributed by atoms with Crippen molar-refractivity contribution in [2.45, 2.75) is 126 Å². The molecule has 0 aromatic heterocycles. The van der Waals surface area contributed by atoms with Gasteiger partial charge < -0.3 is 5.11 Å². The highest BCUT2D eigenvalue weighted by Gasteiger charge is 2.67. The van der Waals surface area contributed by atoms with Crippen molar-refractivity contribution in [3.05, 3.63) is 11.1 Å². The van der Waals surface area contributed by atoms with Crippen LogP contribution >= 0.6 is 0 Å². The van der Waals surface area contributed by atoms with E-state index in [2.05, 4.69) is 55.4 Å². The van der Waals surface area contributed by atoms with Gasteiger partial charge in [-0.05, 0) is 115 Å². The highest BCUT2D eigenvalue weighted by atomic mass is 16.3. The van der Waals surface area contributed by atoms with E-state index >= 15 is 0 Å². The van der Waals surface area contributed by atoms with Crippen molar-refractivity contribution in [3.8, 4) is 0 Å². The fourth-order valence-corrected chi connectivity index (χ4v) is 11.2. The quantitative estimate of drug-likeness (QED) is 0.419. The Kier molecular flexibility index (Phi) is 4.82. The largest absolute Gasteiger partial charge is 0.393 e. The molecule has 5 aliphatic carbocycles. The minimum atomic E-state index is -0.126. The molecule has 0 amide bonds. The molecule has 5 rings (SSSR count). The number of fused-ring (bicyclic) bond motifs is 6. The van der Waals surface area contributed by atoms with E-state index in [0.717, 1.165) is 24.2 Å². The smallest absolute Gasteiger partial charge is 0.0594 e. The van der Waals surface area contributed by atoms with Gasteiger partial charge in [0.05, 0.1) is 6.10 Å². The molecule has 1 N–H and O–H groups in total. The topological polar surface area (TPSA) is 20.2 Å². The fraction of sp³-hybridized carbons (Fsp3) is 0.933. The lowest BCUT2D eigenvalue weighted by atomic mass is 9.37. The molecule has 0 aromatic carbocycles. The van der Waals surface area contributed by atoms with Crippen LogP contribution in [0.25, 0.3) is 0 Å². The summed E-state index contributed by atoms with van der Waals surface area (Å²) in [5.74, 6) is 3.28. The number of allylic oxidation sites excluding steroid dienone is 2. The van der Waals surface area contributed by atoms with Gasteiger partial charge in [0.15, 0.2) is 0 Å². The first-order valence-electron chi connectivity index (χ1n) is 13.7. The minimum Gasteiger partial charge on any atom is -0.393 e. The van der Waals surface area contributed by atoms with Crippen molar-refractivity contribution < 1.29 is 5.11 Å². The number of hydrogen-bond acceptors (Lipinski definition) is 1. The van der Waals surface area contributed by atoms with Gasteiger partial charge in [0.25, 0.3) is 0 Å². The lowest BCUT2D eigenvalue weighted by Gasteiger charge is -2.67. The van der Waals surface area contributed by atoms with Crippen LogP contribution in [0.15, 0.2) is 11.1 Å². The zero-order valence-corrected chi connectivity index (χ0v) is 21.9. The third-order valence-electron chi connectivity index (χ3n) is 13.2. The normalized spacial score (nSPS) is 53.6. The van der Waals surface area contributed by atoms with Crippen LogP contribution in [0.2, 0.25) is 0 Å². The molecule has 1 heteroatoms. The summed E-state index contributed by atoms with van der Waals surface area (Å²) in [6, 6.07) is 0. The number of rotatable bonds is 1. The Balaban J connectivity index is 1.57. The maximum absolute atomic E-state index is 10.9. The summed E-state index contributed by atoms with van der Waals surface area (Å²) in [5, 5.41) is 10.9. The average Bonchev–Trinajstić information content (AvgIpc) is 3.05. The summed E-state index contributed by atoms with van der Waals surface area (Å²) in [5.41, 5.74) is 5.55. The number of aliphatic hydroxyl groups is 1. The predicted octanol–water partition coefficient (Wildman–Crippen LogP) is 8.17. The SMILES string of the molecule is CC(C)C1CCC2C1(C)CCC1(C)C3=C(CCC21C)C1(C)CCC(O)C(C)(C)C1CC3. The van der Waals surface area contributed by atoms with Crippen LogP contribution in [0.5, 0.6) is 0 Å². The van der Waals surface area contributed by atoms with Crippen LogP contribution in [0.1, 0.15) is 120 Å². The van der Waals surface area contributed by atoms with E-state index < -0.39 is 0 Å². The van der Waals surface area contributed by atoms with Crippen molar-refractivity contribution in [1.82, 2.24) is 0 Å². The Labute approximate surface area is 192 Å². The summed E-state index contributed by atoms with van der Waals surface area (Å²) in [4.78, 5) is 0. The summed E-state index contributed by atoms with van der Waals surface area (Å²) < 4.78 is 0. The number of aliphatic hydroxyl groups excluding tert-OH is 1. The van der Waals surface area contributed by atoms with Crippen LogP contribution in [-0.4, -0.2) is 11.2 Å². The van der Waals surface area contributed by atoms with Crippen LogP contribution in [-0.2, 0) is 0 Å². The first-order valence-corrected chi connectivity index (χ1v) is 13.7. The summed E-state index contributed by atoms with van der Waals surface area (Å²) in [6.45, 7) is 20.4. The molecule has 8 atom stereocenters. The van der Waals surface area contributed by atoms with Gasteiger partial charge in [0.1, 0.15) is 0 Å². The minimum absolute atomic E-state index is 0.0499. The van der Waals surface area contributed by atoms with Gasteiger partial charge in [-0.2, -0.15) is 0 Å². The van der Waals surface area contributed by atoms with E-state index in [0.29, 0.717) is 27.6 Å². The van der Waals surface area contributed by atoms with Crippen molar-refractivity contribution in [2.75, 3.05) is 0 Å². The van der Waals surface area contributed by atoms with Crippen molar-refractivity contribution >= 4 is 0 Å². The van der Waals surface area contributed by atoms with E-state index in [4.69, 9.17) is 0 Å². The molecule has 3 fully saturated rings. The lowest BCUT2D eigenvalue weighted by molar-refractivity contribution is -0.127. The fourth-order valence-electron chi connectivity index (χ4n) is 11.2. The Morgan fingerprint density at radius 1 is 0.742 bits per heavy atom. The van der Waals surface area contributed by atoms with Gasteiger partial charge in [-0.1, -0.05) is 66.5 Å². The molecule has 0 bridgehead atoms. The van der Waals surface area contributed by atoms with Crippen LogP contribution < -0.4 is 0 Å². The molecule has 5 aliphatic rings. The highest BCUT2D eigenvalue weighted by molar-refractivity contribution is 5.39. The molecule has 0 saturated heterocycles. The van der Waals surface area contributed by atoms with Crippen molar-refractivity contribution in [3.63, 3.8) is 0 Å². The molecule has 8 unspecified atom stereocenters. The van der Waals surface area contributed by atoms with Gasteiger partial charge in [-0.15, -0.1) is 0 Å². The Morgan fingerprint density at radius 2 is 1.45 bits per heavy atom. The molecular formula is C30H50O. The molecule has 0 aromatic rings. The Morgan fingerprint density at radius 3 is 2.13 bits per heavy atom. The Bertz CT molecular complexity index is 790. The zero-order valence-electron chi connectivity index (χ0n) is 21.9. The van der Waals surface area contributed by atoms with E-state index in [1.807, 2.05) is 11.1 Å². The van der Waals surface area contributed by atoms with Crippen LogP contribution in [0.4, 0.5) is 0 Å². The van der Waals surface area contributed by atoms with E-state index in [1.165, 1.54) is 57.8 Å². The Hall–Kier alpha value is -0.300. The predicted molar refractivity (Wildman–Crippen MR) is 131 cm³/mol. The standard InChI is InChI=1S/C30H50O/c1-19(2)20-9-12-24-28(20,6)17-18-29(7)22-10-11-23-26(3,4)25(31)14-15-27(23,5)21(22)13-16-30(24,29)8/h19-20,23-25,31H,9-18H2,1-8H3. The first-order chi connectivity index (χ1) is 14.3. The molecule has 0 heterocycles. The van der Waals surface area contributed by atoms with Crippen molar-refractivity contribution in [1.29, 1.82) is 0 Å². The van der Waals surface area contributed by atoms with Gasteiger partial charge in [0, 0.05) is 0 Å². The van der Waals surface area contributed by atoms with Gasteiger partial charge in [-0.25, -0.2) is 0 Å². The summed E-state index contributed by atoms with van der Waals surface area (Å²) in [6.07, 6.45) is 13.2. The molecule has 3 saturated carbocycles. The van der Waals surface area contributed by atoms with E-state index in [9.17, 15) is 5.11 Å². The van der Waals surface area contributed by atoms with Crippen LogP contribution in [0, 0.1) is 50.7 Å². The molecule has 0 radical (unpaired) electrons. The molecule has 1 nitrogen and oxygen atoms in total. The van der Waals surface area contributed by atoms with Crippen LogP contribution in [0.3, 0.4) is 0 Å². The second-order valence-electron chi connectivity index (χ2n) is 14.6. The second kappa shape index (κ2) is 6.64. The summed E-state index contributed by atoms with van der Waals surface area (Å²) >= 11 is 0. The maximum atomic E-state index is 10.9. The van der Waals surface area contributed by atoms with Gasteiger partial charge in [-0.3, -0.25) is 0 Å².